The molecule has 1 atom stereocenters. The maximum absolute atomic E-state index is 6.13. The van der Waals surface area contributed by atoms with Gasteiger partial charge in [0.2, 0.25) is 0 Å². The van der Waals surface area contributed by atoms with Crippen LogP contribution < -0.4 is 0 Å². The molecule has 0 radical (unpaired) electrons. The molecule has 1 unspecified atom stereocenters. The van der Waals surface area contributed by atoms with Crippen LogP contribution in [-0.4, -0.2) is 7.11 Å². The van der Waals surface area contributed by atoms with Gasteiger partial charge in [-0.1, -0.05) is 30.3 Å². The monoisotopic (exact) mass is 368 g/mol. The van der Waals surface area contributed by atoms with Gasteiger partial charge < -0.3 is 9.15 Å². The number of benzene rings is 1. The lowest BCUT2D eigenvalue weighted by Gasteiger charge is -2.32. The van der Waals surface area contributed by atoms with Crippen LogP contribution in [-0.2, 0) is 16.8 Å². The fraction of sp³-hybridized carbons (Fsp3) is 0.375. The molecule has 1 aromatic carbocycles. The van der Waals surface area contributed by atoms with E-state index in [0.717, 1.165) is 36.3 Å². The number of furan rings is 1. The molecule has 0 fully saturated rings. The first-order valence-corrected chi connectivity index (χ1v) is 7.66. The van der Waals surface area contributed by atoms with Gasteiger partial charge in [0, 0.05) is 24.7 Å². The van der Waals surface area contributed by atoms with E-state index in [-0.39, 0.29) is 5.60 Å². The van der Waals surface area contributed by atoms with Gasteiger partial charge in [0.25, 0.3) is 0 Å². The number of ether oxygens (including phenoxy) is 1. The molecule has 1 aromatic heterocycles. The summed E-state index contributed by atoms with van der Waals surface area (Å²) in [5, 5.41) is 0. The van der Waals surface area contributed by atoms with Crippen molar-refractivity contribution >= 4 is 22.6 Å². The second kappa shape index (κ2) is 4.94. The second-order valence-electron chi connectivity index (χ2n) is 5.20. The summed E-state index contributed by atoms with van der Waals surface area (Å²) in [6, 6.07) is 10.3. The Morgan fingerprint density at radius 2 is 2.00 bits per heavy atom. The second-order valence-corrected chi connectivity index (χ2v) is 6.28. The van der Waals surface area contributed by atoms with E-state index >= 15 is 0 Å². The number of halogens is 1. The number of fused-ring (bicyclic) bond motifs is 1. The molecule has 1 aliphatic carbocycles. The molecule has 2 nitrogen and oxygen atoms in total. The maximum atomic E-state index is 6.13. The number of rotatable bonds is 2. The van der Waals surface area contributed by atoms with Gasteiger partial charge in [0.15, 0.2) is 0 Å². The molecular formula is C16H17IO2. The molecule has 0 aliphatic heterocycles. The average molecular weight is 368 g/mol. The Balaban J connectivity index is 2.17. The van der Waals surface area contributed by atoms with Crippen molar-refractivity contribution in [2.24, 2.45) is 0 Å². The van der Waals surface area contributed by atoms with E-state index in [1.807, 2.05) is 18.2 Å². The van der Waals surface area contributed by atoms with Gasteiger partial charge in [-0.05, 0) is 42.4 Å². The fourth-order valence-electron chi connectivity index (χ4n) is 2.85. The van der Waals surface area contributed by atoms with Crippen molar-refractivity contribution in [3.8, 4) is 11.3 Å². The maximum Gasteiger partial charge on any atom is 0.147 e. The van der Waals surface area contributed by atoms with Crippen LogP contribution in [0.4, 0.5) is 0 Å². The van der Waals surface area contributed by atoms with E-state index in [0.29, 0.717) is 0 Å². The van der Waals surface area contributed by atoms with E-state index in [2.05, 4.69) is 41.6 Å². The molecule has 1 aliphatic rings. The first kappa shape index (κ1) is 13.2. The predicted molar refractivity (Wildman–Crippen MR) is 84.2 cm³/mol. The van der Waals surface area contributed by atoms with Gasteiger partial charge in [-0.25, -0.2) is 0 Å². The van der Waals surface area contributed by atoms with Gasteiger partial charge >= 0.3 is 0 Å². The quantitative estimate of drug-likeness (QED) is 0.714. The standard InChI is InChI=1S/C16H17IO2/c1-16(18-2)10-6-9-12-13(16)14(17)15(19-12)11-7-4-3-5-8-11/h3-5,7-8H,6,9-10H2,1-2H3. The summed E-state index contributed by atoms with van der Waals surface area (Å²) in [5.41, 5.74) is 2.18. The Kier molecular flexibility index (Phi) is 3.43. The number of aryl methyl sites for hydroxylation is 1. The van der Waals surface area contributed by atoms with Crippen molar-refractivity contribution in [3.63, 3.8) is 0 Å². The minimum atomic E-state index is -0.208. The zero-order chi connectivity index (χ0) is 13.5. The van der Waals surface area contributed by atoms with E-state index in [1.54, 1.807) is 7.11 Å². The van der Waals surface area contributed by atoms with E-state index in [9.17, 15) is 0 Å². The molecule has 0 N–H and O–H groups in total. The van der Waals surface area contributed by atoms with Crippen LogP contribution in [0.15, 0.2) is 34.7 Å². The van der Waals surface area contributed by atoms with Crippen molar-refractivity contribution < 1.29 is 9.15 Å². The van der Waals surface area contributed by atoms with E-state index in [1.165, 1.54) is 9.13 Å². The van der Waals surface area contributed by atoms with Crippen LogP contribution in [0.1, 0.15) is 31.1 Å². The molecule has 3 rings (SSSR count). The van der Waals surface area contributed by atoms with Crippen molar-refractivity contribution in [1.29, 1.82) is 0 Å². The Labute approximate surface area is 127 Å². The Bertz CT molecular complexity index is 588. The largest absolute Gasteiger partial charge is 0.460 e. The number of hydrogen-bond acceptors (Lipinski definition) is 2. The highest BCUT2D eigenvalue weighted by Gasteiger charge is 2.38. The number of methoxy groups -OCH3 is 1. The lowest BCUT2D eigenvalue weighted by Crippen LogP contribution is -2.29. The van der Waals surface area contributed by atoms with Gasteiger partial charge in [-0.15, -0.1) is 0 Å². The molecule has 0 saturated carbocycles. The summed E-state index contributed by atoms with van der Waals surface area (Å²) >= 11 is 2.40. The van der Waals surface area contributed by atoms with Gasteiger partial charge in [0.1, 0.15) is 11.5 Å². The van der Waals surface area contributed by atoms with Crippen molar-refractivity contribution in [2.45, 2.75) is 31.8 Å². The Hall–Kier alpha value is -0.810. The third-order valence-corrected chi connectivity index (χ3v) is 5.03. The van der Waals surface area contributed by atoms with Gasteiger partial charge in [0.05, 0.1) is 9.17 Å². The molecule has 100 valence electrons. The third kappa shape index (κ3) is 2.13. The summed E-state index contributed by atoms with van der Waals surface area (Å²) in [6.07, 6.45) is 3.19. The highest BCUT2D eigenvalue weighted by molar-refractivity contribution is 14.1. The fourth-order valence-corrected chi connectivity index (χ4v) is 4.14. The molecule has 0 saturated heterocycles. The molecule has 19 heavy (non-hydrogen) atoms. The predicted octanol–water partition coefficient (Wildman–Crippen LogP) is 4.75. The highest BCUT2D eigenvalue weighted by atomic mass is 127. The lowest BCUT2D eigenvalue weighted by molar-refractivity contribution is -0.0147. The Morgan fingerprint density at radius 1 is 1.26 bits per heavy atom. The van der Waals surface area contributed by atoms with Gasteiger partial charge in [-0.3, -0.25) is 0 Å². The van der Waals surface area contributed by atoms with Crippen LogP contribution in [0.5, 0.6) is 0 Å². The van der Waals surface area contributed by atoms with Crippen LogP contribution in [0.2, 0.25) is 0 Å². The summed E-state index contributed by atoms with van der Waals surface area (Å²) in [7, 11) is 1.79. The summed E-state index contributed by atoms with van der Waals surface area (Å²) < 4.78 is 13.1. The first-order chi connectivity index (χ1) is 9.15. The van der Waals surface area contributed by atoms with Crippen LogP contribution >= 0.6 is 22.6 Å². The third-order valence-electron chi connectivity index (χ3n) is 4.00. The van der Waals surface area contributed by atoms with Crippen LogP contribution in [0.3, 0.4) is 0 Å². The van der Waals surface area contributed by atoms with Crippen LogP contribution in [0.25, 0.3) is 11.3 Å². The number of hydrogen-bond donors (Lipinski definition) is 0. The highest BCUT2D eigenvalue weighted by Crippen LogP contribution is 2.45. The van der Waals surface area contributed by atoms with Crippen molar-refractivity contribution in [1.82, 2.24) is 0 Å². The molecule has 3 heteroatoms. The average Bonchev–Trinajstić information content (AvgIpc) is 2.79. The molecule has 0 spiro atoms. The van der Waals surface area contributed by atoms with Crippen molar-refractivity contribution in [2.75, 3.05) is 7.11 Å². The van der Waals surface area contributed by atoms with Crippen molar-refractivity contribution in [3.05, 3.63) is 45.2 Å². The summed E-state index contributed by atoms with van der Waals surface area (Å²) in [6.45, 7) is 2.16. The lowest BCUT2D eigenvalue weighted by atomic mass is 9.84. The minimum Gasteiger partial charge on any atom is -0.460 e. The zero-order valence-electron chi connectivity index (χ0n) is 11.2. The molecular weight excluding hydrogens is 351 g/mol. The minimum absolute atomic E-state index is 0.208. The molecule has 1 heterocycles. The molecule has 2 aromatic rings. The molecule has 0 amide bonds. The molecule has 0 bridgehead atoms. The zero-order valence-corrected chi connectivity index (χ0v) is 13.4. The summed E-state index contributed by atoms with van der Waals surface area (Å²) in [4.78, 5) is 0. The van der Waals surface area contributed by atoms with E-state index < -0.39 is 0 Å². The Morgan fingerprint density at radius 3 is 2.68 bits per heavy atom. The smallest absolute Gasteiger partial charge is 0.147 e. The van der Waals surface area contributed by atoms with E-state index in [4.69, 9.17) is 9.15 Å². The first-order valence-electron chi connectivity index (χ1n) is 6.58. The summed E-state index contributed by atoms with van der Waals surface area (Å²) in [5.74, 6) is 2.08. The SMILES string of the molecule is COC1(C)CCCc2oc(-c3ccccc3)c(I)c21. The normalized spacial score (nSPS) is 22.3. The topological polar surface area (TPSA) is 22.4 Å². The van der Waals surface area contributed by atoms with Gasteiger partial charge in [-0.2, -0.15) is 0 Å². The van der Waals surface area contributed by atoms with Crippen LogP contribution in [0, 0.1) is 3.57 Å².